The van der Waals surface area contributed by atoms with Gasteiger partial charge in [0, 0.05) is 23.7 Å². The molecule has 35 heavy (non-hydrogen) atoms. The summed E-state index contributed by atoms with van der Waals surface area (Å²) in [6.07, 6.45) is 8.53. The van der Waals surface area contributed by atoms with Crippen molar-refractivity contribution < 1.29 is 9.53 Å². The third-order valence-electron chi connectivity index (χ3n) is 6.31. The molecule has 1 amide bonds. The minimum atomic E-state index is -0.479. The predicted molar refractivity (Wildman–Crippen MR) is 141 cm³/mol. The van der Waals surface area contributed by atoms with Gasteiger partial charge >= 0.3 is 6.09 Å². The highest BCUT2D eigenvalue weighted by molar-refractivity contribution is 5.95. The van der Waals surface area contributed by atoms with Gasteiger partial charge in [-0.25, -0.2) is 4.79 Å². The second-order valence-corrected chi connectivity index (χ2v) is 9.14. The van der Waals surface area contributed by atoms with Gasteiger partial charge in [-0.15, -0.1) is 0 Å². The number of carbonyl (C=O) groups is 1. The molecular formula is C29H32N4O2. The minimum Gasteiger partial charge on any atom is -0.447 e. The highest BCUT2D eigenvalue weighted by Crippen LogP contribution is 2.43. The number of fused-ring (bicyclic) bond motifs is 1. The lowest BCUT2D eigenvalue weighted by molar-refractivity contribution is 0.130. The number of rotatable bonds is 8. The molecule has 1 aromatic heterocycles. The minimum absolute atomic E-state index is 0.188. The Bertz CT molecular complexity index is 1290. The molecule has 6 nitrogen and oxygen atoms in total. The van der Waals surface area contributed by atoms with Crippen molar-refractivity contribution in [1.82, 2.24) is 9.47 Å². The van der Waals surface area contributed by atoms with Crippen molar-refractivity contribution in [1.29, 1.82) is 5.26 Å². The van der Waals surface area contributed by atoms with Crippen molar-refractivity contribution in [3.05, 3.63) is 78.6 Å². The van der Waals surface area contributed by atoms with Gasteiger partial charge in [0.1, 0.15) is 6.07 Å². The average Bonchev–Trinajstić information content (AvgIpc) is 3.11. The van der Waals surface area contributed by atoms with E-state index in [4.69, 9.17) is 4.74 Å². The van der Waals surface area contributed by atoms with Gasteiger partial charge in [-0.1, -0.05) is 36.9 Å². The summed E-state index contributed by atoms with van der Waals surface area (Å²) in [5, 5.41) is 13.9. The maximum absolute atomic E-state index is 12.0. The van der Waals surface area contributed by atoms with Gasteiger partial charge in [0.25, 0.3) is 0 Å². The Hall–Kier alpha value is -3.98. The maximum atomic E-state index is 12.0. The first kappa shape index (κ1) is 24.2. The molecule has 3 aromatic rings. The SMILES string of the molecule is C=CN(/C=C\C)Cc1ccc2c(C#N)c(-c3ccc(NC(=O)OC(C)C)cc3)n(C3CCC3)c2c1. The molecule has 4 rings (SSSR count). The van der Waals surface area contributed by atoms with Crippen LogP contribution in [-0.2, 0) is 11.3 Å². The van der Waals surface area contributed by atoms with E-state index in [-0.39, 0.29) is 6.10 Å². The molecule has 1 heterocycles. The summed E-state index contributed by atoms with van der Waals surface area (Å²) in [5.41, 5.74) is 5.48. The number of allylic oxidation sites excluding steroid dienone is 1. The third kappa shape index (κ3) is 5.09. The van der Waals surface area contributed by atoms with Crippen LogP contribution in [0.2, 0.25) is 0 Å². The van der Waals surface area contributed by atoms with Crippen molar-refractivity contribution in [2.75, 3.05) is 5.32 Å². The molecule has 0 bridgehead atoms. The summed E-state index contributed by atoms with van der Waals surface area (Å²) < 4.78 is 7.52. The fourth-order valence-corrected chi connectivity index (χ4v) is 4.53. The van der Waals surface area contributed by atoms with E-state index in [1.807, 2.05) is 68.4 Å². The van der Waals surface area contributed by atoms with E-state index in [9.17, 15) is 10.1 Å². The quantitative estimate of drug-likeness (QED) is 0.375. The summed E-state index contributed by atoms with van der Waals surface area (Å²) >= 11 is 0. The highest BCUT2D eigenvalue weighted by Gasteiger charge is 2.28. The number of aromatic nitrogens is 1. The molecule has 1 saturated carbocycles. The van der Waals surface area contributed by atoms with Gasteiger partial charge in [0.15, 0.2) is 0 Å². The lowest BCUT2D eigenvalue weighted by Gasteiger charge is -2.30. The van der Waals surface area contributed by atoms with E-state index in [0.717, 1.165) is 40.6 Å². The number of nitriles is 1. The summed E-state index contributed by atoms with van der Waals surface area (Å²) in [4.78, 5) is 14.0. The van der Waals surface area contributed by atoms with Crippen LogP contribution < -0.4 is 5.32 Å². The average molecular weight is 469 g/mol. The van der Waals surface area contributed by atoms with Gasteiger partial charge < -0.3 is 14.2 Å². The molecule has 6 heteroatoms. The van der Waals surface area contributed by atoms with E-state index in [1.165, 1.54) is 6.42 Å². The third-order valence-corrected chi connectivity index (χ3v) is 6.31. The van der Waals surface area contributed by atoms with Crippen LogP contribution in [0.1, 0.15) is 57.2 Å². The Kier molecular flexibility index (Phi) is 7.26. The zero-order valence-electron chi connectivity index (χ0n) is 20.6. The van der Waals surface area contributed by atoms with E-state index >= 15 is 0 Å². The normalized spacial score (nSPS) is 13.6. The molecule has 1 N–H and O–H groups in total. The summed E-state index contributed by atoms with van der Waals surface area (Å²) in [5.74, 6) is 0. The molecule has 1 aliphatic rings. The molecule has 0 radical (unpaired) electrons. The number of amides is 1. The summed E-state index contributed by atoms with van der Waals surface area (Å²) in [6.45, 7) is 10.2. The van der Waals surface area contributed by atoms with Crippen LogP contribution in [0.25, 0.3) is 22.2 Å². The lowest BCUT2D eigenvalue weighted by Crippen LogP contribution is -2.18. The smallest absolute Gasteiger partial charge is 0.411 e. The van der Waals surface area contributed by atoms with Crippen molar-refractivity contribution in [3.63, 3.8) is 0 Å². The topological polar surface area (TPSA) is 70.3 Å². The van der Waals surface area contributed by atoms with Gasteiger partial charge in [-0.2, -0.15) is 5.26 Å². The van der Waals surface area contributed by atoms with Crippen LogP contribution >= 0.6 is 0 Å². The number of anilines is 1. The van der Waals surface area contributed by atoms with Crippen molar-refractivity contribution in [2.45, 2.75) is 58.7 Å². The van der Waals surface area contributed by atoms with Crippen LogP contribution in [0, 0.1) is 11.3 Å². The Morgan fingerprint density at radius 1 is 1.29 bits per heavy atom. The van der Waals surface area contributed by atoms with E-state index in [0.29, 0.717) is 23.8 Å². The van der Waals surface area contributed by atoms with E-state index in [1.54, 1.807) is 0 Å². The number of carbonyl (C=O) groups excluding carboxylic acids is 1. The Morgan fingerprint density at radius 2 is 2.03 bits per heavy atom. The first-order valence-corrected chi connectivity index (χ1v) is 12.1. The lowest BCUT2D eigenvalue weighted by atomic mass is 9.92. The number of hydrogen-bond donors (Lipinski definition) is 1. The zero-order valence-corrected chi connectivity index (χ0v) is 20.6. The van der Waals surface area contributed by atoms with Crippen LogP contribution in [0.3, 0.4) is 0 Å². The van der Waals surface area contributed by atoms with Crippen LogP contribution in [0.4, 0.5) is 10.5 Å². The second-order valence-electron chi connectivity index (χ2n) is 9.14. The molecular weight excluding hydrogens is 436 g/mol. The van der Waals surface area contributed by atoms with Crippen LogP contribution in [0.15, 0.2) is 67.5 Å². The standard InChI is InChI=1S/C29H32N4O2/c1-5-16-32(6-2)19-21-10-15-25-26(18-30)28(33(27(25)17-21)24-8-7-9-24)22-11-13-23(14-12-22)31-29(34)35-20(3)4/h5-6,10-17,20,24H,2,7-9,19H2,1,3-4H3,(H,31,34)/b16-5-. The van der Waals surface area contributed by atoms with Gasteiger partial charge in [0.2, 0.25) is 0 Å². The largest absolute Gasteiger partial charge is 0.447 e. The number of nitrogens with one attached hydrogen (secondary N) is 1. The molecule has 0 unspecified atom stereocenters. The number of nitrogens with zero attached hydrogens (tertiary/aromatic N) is 3. The van der Waals surface area contributed by atoms with Crippen molar-refractivity contribution >= 4 is 22.7 Å². The van der Waals surface area contributed by atoms with E-state index < -0.39 is 6.09 Å². The summed E-state index contributed by atoms with van der Waals surface area (Å²) in [7, 11) is 0. The van der Waals surface area contributed by atoms with Crippen molar-refractivity contribution in [3.8, 4) is 17.3 Å². The Labute approximate surface area is 207 Å². The van der Waals surface area contributed by atoms with Gasteiger partial charge in [0.05, 0.1) is 22.9 Å². The molecule has 1 fully saturated rings. The molecule has 2 aromatic carbocycles. The van der Waals surface area contributed by atoms with Gasteiger partial charge in [-0.3, -0.25) is 5.32 Å². The fourth-order valence-electron chi connectivity index (χ4n) is 4.53. The predicted octanol–water partition coefficient (Wildman–Crippen LogP) is 7.34. The fraction of sp³-hybridized carbons (Fsp3) is 0.310. The summed E-state index contributed by atoms with van der Waals surface area (Å²) in [6, 6.07) is 16.8. The molecule has 0 saturated heterocycles. The molecule has 0 spiro atoms. The molecule has 180 valence electrons. The monoisotopic (exact) mass is 468 g/mol. The molecule has 1 aliphatic carbocycles. The van der Waals surface area contributed by atoms with Crippen molar-refractivity contribution in [2.24, 2.45) is 0 Å². The Balaban J connectivity index is 1.76. The number of ether oxygens (including phenoxy) is 1. The maximum Gasteiger partial charge on any atom is 0.411 e. The van der Waals surface area contributed by atoms with Gasteiger partial charge in [-0.05, 0) is 81.8 Å². The molecule has 0 atom stereocenters. The first-order chi connectivity index (χ1) is 16.9. The zero-order chi connectivity index (χ0) is 24.9. The molecule has 0 aliphatic heterocycles. The van der Waals surface area contributed by atoms with Crippen LogP contribution in [0.5, 0.6) is 0 Å². The number of benzene rings is 2. The number of hydrogen-bond acceptors (Lipinski definition) is 4. The van der Waals surface area contributed by atoms with E-state index in [2.05, 4.69) is 40.7 Å². The van der Waals surface area contributed by atoms with Crippen LogP contribution in [-0.4, -0.2) is 21.7 Å². The second kappa shape index (κ2) is 10.5. The highest BCUT2D eigenvalue weighted by atomic mass is 16.6. The first-order valence-electron chi connectivity index (χ1n) is 12.1. The Morgan fingerprint density at radius 3 is 2.60 bits per heavy atom.